The van der Waals surface area contributed by atoms with E-state index in [-0.39, 0.29) is 18.6 Å². The maximum atomic E-state index is 12.4. The highest BCUT2D eigenvalue weighted by Crippen LogP contribution is 2.60. The third kappa shape index (κ3) is 2.25. The molecule has 2 rings (SSSR count). The van der Waals surface area contributed by atoms with Crippen LogP contribution in [0.2, 0.25) is 0 Å². The molecule has 0 N–H and O–H groups in total. The molecule has 0 atom stereocenters. The van der Waals surface area contributed by atoms with Crippen molar-refractivity contribution >= 4 is 11.9 Å². The molecule has 4 nitrogen and oxygen atoms in total. The zero-order valence-corrected chi connectivity index (χ0v) is 12.5. The summed E-state index contributed by atoms with van der Waals surface area (Å²) in [5, 5.41) is 0. The Hall–Kier alpha value is -1.32. The van der Waals surface area contributed by atoms with Gasteiger partial charge < -0.3 is 9.47 Å². The van der Waals surface area contributed by atoms with Gasteiger partial charge in [-0.15, -0.1) is 0 Å². The van der Waals surface area contributed by atoms with E-state index in [1.54, 1.807) is 13.8 Å². The zero-order valence-electron chi connectivity index (χ0n) is 12.5. The topological polar surface area (TPSA) is 52.6 Å². The van der Waals surface area contributed by atoms with Gasteiger partial charge in [0.05, 0.1) is 13.2 Å². The van der Waals surface area contributed by atoms with E-state index in [1.807, 2.05) is 0 Å². The van der Waals surface area contributed by atoms with Crippen LogP contribution in [0.15, 0.2) is 12.2 Å². The summed E-state index contributed by atoms with van der Waals surface area (Å²) < 4.78 is 10.3. The van der Waals surface area contributed by atoms with Gasteiger partial charge in [-0.05, 0) is 44.9 Å². The highest BCUT2D eigenvalue weighted by Gasteiger charge is 2.61. The fraction of sp³-hybridized carbons (Fsp3) is 0.750. The molecule has 0 bridgehead atoms. The van der Waals surface area contributed by atoms with Crippen molar-refractivity contribution in [3.05, 3.63) is 12.2 Å². The molecule has 0 aromatic carbocycles. The van der Waals surface area contributed by atoms with Gasteiger partial charge in [0.1, 0.15) is 0 Å². The van der Waals surface area contributed by atoms with E-state index in [9.17, 15) is 9.59 Å². The second-order valence-corrected chi connectivity index (χ2v) is 5.97. The Labute approximate surface area is 120 Å². The normalized spacial score (nSPS) is 23.0. The minimum Gasteiger partial charge on any atom is -0.465 e. The molecule has 0 amide bonds. The number of esters is 2. The Bertz CT molecular complexity index is 400. The Kier molecular flexibility index (Phi) is 4.21. The molecule has 1 spiro atoms. The van der Waals surface area contributed by atoms with Crippen molar-refractivity contribution in [1.82, 2.24) is 0 Å². The predicted octanol–water partition coefficient (Wildman–Crippen LogP) is 3.01. The molecule has 2 aliphatic carbocycles. The second kappa shape index (κ2) is 5.58. The first-order valence-electron chi connectivity index (χ1n) is 7.53. The molecule has 0 aromatic rings. The quantitative estimate of drug-likeness (QED) is 0.451. The molecular formula is C16H24O4. The van der Waals surface area contributed by atoms with Crippen LogP contribution >= 0.6 is 0 Å². The second-order valence-electron chi connectivity index (χ2n) is 5.97. The third-order valence-electron chi connectivity index (χ3n) is 4.80. The maximum Gasteiger partial charge on any atom is 0.323 e. The van der Waals surface area contributed by atoms with Crippen LogP contribution in [0.4, 0.5) is 0 Å². The lowest BCUT2D eigenvalue weighted by atomic mass is 9.77. The van der Waals surface area contributed by atoms with E-state index in [0.29, 0.717) is 12.8 Å². The van der Waals surface area contributed by atoms with Crippen molar-refractivity contribution in [1.29, 1.82) is 0 Å². The third-order valence-corrected chi connectivity index (χ3v) is 4.80. The van der Waals surface area contributed by atoms with E-state index in [0.717, 1.165) is 31.3 Å². The number of rotatable bonds is 4. The van der Waals surface area contributed by atoms with Gasteiger partial charge in [0.25, 0.3) is 0 Å². The van der Waals surface area contributed by atoms with E-state index >= 15 is 0 Å². The van der Waals surface area contributed by atoms with Gasteiger partial charge in [0.2, 0.25) is 0 Å². The zero-order chi connectivity index (χ0) is 14.8. The summed E-state index contributed by atoms with van der Waals surface area (Å²) in [7, 11) is 0. The average Bonchev–Trinajstić information content (AvgIpc) is 2.98. The minimum atomic E-state index is -1.16. The molecule has 0 aliphatic heterocycles. The predicted molar refractivity (Wildman–Crippen MR) is 75.0 cm³/mol. The van der Waals surface area contributed by atoms with Gasteiger partial charge in [0.15, 0.2) is 5.41 Å². The van der Waals surface area contributed by atoms with E-state index in [4.69, 9.17) is 9.47 Å². The van der Waals surface area contributed by atoms with Gasteiger partial charge in [-0.25, -0.2) is 0 Å². The first-order chi connectivity index (χ1) is 9.50. The summed E-state index contributed by atoms with van der Waals surface area (Å²) in [6.45, 7) is 8.22. The first-order valence-corrected chi connectivity index (χ1v) is 7.53. The van der Waals surface area contributed by atoms with Crippen molar-refractivity contribution in [3.63, 3.8) is 0 Å². The highest BCUT2D eigenvalue weighted by molar-refractivity contribution is 6.01. The van der Waals surface area contributed by atoms with Crippen LogP contribution in [-0.2, 0) is 19.1 Å². The Balaban J connectivity index is 2.32. The summed E-state index contributed by atoms with van der Waals surface area (Å²) in [5.74, 6) is -0.883. The van der Waals surface area contributed by atoms with Crippen molar-refractivity contribution in [2.45, 2.75) is 52.4 Å². The Morgan fingerprint density at radius 3 is 2.05 bits per heavy atom. The fourth-order valence-electron chi connectivity index (χ4n) is 3.81. The minimum absolute atomic E-state index is 0.0560. The average molecular weight is 280 g/mol. The molecule has 2 fully saturated rings. The molecule has 2 saturated carbocycles. The summed E-state index contributed by atoms with van der Waals surface area (Å²) in [4.78, 5) is 24.8. The van der Waals surface area contributed by atoms with Crippen molar-refractivity contribution < 1.29 is 19.1 Å². The number of hydrogen-bond acceptors (Lipinski definition) is 4. The lowest BCUT2D eigenvalue weighted by molar-refractivity contribution is -0.172. The number of allylic oxidation sites excluding steroid dienone is 1. The van der Waals surface area contributed by atoms with Crippen molar-refractivity contribution in [2.24, 2.45) is 10.8 Å². The maximum absolute atomic E-state index is 12.4. The number of hydrogen-bond donors (Lipinski definition) is 0. The molecule has 2 aliphatic rings. The molecule has 0 aromatic heterocycles. The summed E-state index contributed by atoms with van der Waals surface area (Å²) in [6.07, 6.45) is 5.21. The lowest BCUT2D eigenvalue weighted by Crippen LogP contribution is -2.41. The van der Waals surface area contributed by atoms with Crippen LogP contribution in [0.5, 0.6) is 0 Å². The first kappa shape index (κ1) is 15.1. The smallest absolute Gasteiger partial charge is 0.323 e. The highest BCUT2D eigenvalue weighted by atomic mass is 16.6. The molecular weight excluding hydrogens is 256 g/mol. The SMILES string of the molecule is C=C1CC(C(=O)OCC)(C(=O)OCC)CC12CCCC2. The molecule has 112 valence electrons. The molecule has 4 heteroatoms. The van der Waals surface area contributed by atoms with Gasteiger partial charge in [-0.3, -0.25) is 9.59 Å². The van der Waals surface area contributed by atoms with Gasteiger partial charge in [-0.2, -0.15) is 0 Å². The fourth-order valence-corrected chi connectivity index (χ4v) is 3.81. The molecule has 0 unspecified atom stereocenters. The lowest BCUT2D eigenvalue weighted by Gasteiger charge is -2.28. The molecule has 0 saturated heterocycles. The van der Waals surface area contributed by atoms with Crippen LogP contribution in [0, 0.1) is 10.8 Å². The number of carbonyl (C=O) groups is 2. The van der Waals surface area contributed by atoms with Crippen LogP contribution in [0.3, 0.4) is 0 Å². The van der Waals surface area contributed by atoms with E-state index < -0.39 is 17.4 Å². The van der Waals surface area contributed by atoms with Gasteiger partial charge >= 0.3 is 11.9 Å². The number of carbonyl (C=O) groups excluding carboxylic acids is 2. The van der Waals surface area contributed by atoms with Crippen LogP contribution in [0.1, 0.15) is 52.4 Å². The summed E-state index contributed by atoms with van der Waals surface area (Å²) in [5.41, 5.74) is -0.191. The van der Waals surface area contributed by atoms with Crippen LogP contribution in [-0.4, -0.2) is 25.2 Å². The molecule has 20 heavy (non-hydrogen) atoms. The largest absolute Gasteiger partial charge is 0.465 e. The van der Waals surface area contributed by atoms with Gasteiger partial charge in [0, 0.05) is 0 Å². The van der Waals surface area contributed by atoms with E-state index in [2.05, 4.69) is 6.58 Å². The summed E-state index contributed by atoms with van der Waals surface area (Å²) >= 11 is 0. The molecule has 0 radical (unpaired) electrons. The monoisotopic (exact) mass is 280 g/mol. The Morgan fingerprint density at radius 2 is 1.60 bits per heavy atom. The van der Waals surface area contributed by atoms with Crippen LogP contribution in [0.25, 0.3) is 0 Å². The van der Waals surface area contributed by atoms with Gasteiger partial charge in [-0.1, -0.05) is 25.0 Å². The summed E-state index contributed by atoms with van der Waals surface area (Å²) in [6, 6.07) is 0. The van der Waals surface area contributed by atoms with Crippen molar-refractivity contribution in [3.8, 4) is 0 Å². The van der Waals surface area contributed by atoms with Crippen LogP contribution < -0.4 is 0 Å². The van der Waals surface area contributed by atoms with Crippen molar-refractivity contribution in [2.75, 3.05) is 13.2 Å². The Morgan fingerprint density at radius 1 is 1.10 bits per heavy atom. The standard InChI is InChI=1S/C16H24O4/c1-4-19-13(17)16(14(18)20-5-2)10-12(3)15(11-16)8-6-7-9-15/h3-11H2,1-2H3. The molecule has 0 heterocycles. The number of ether oxygens (including phenoxy) is 2. The van der Waals surface area contributed by atoms with E-state index in [1.165, 1.54) is 0 Å².